The highest BCUT2D eigenvalue weighted by molar-refractivity contribution is 7.99. The minimum atomic E-state index is 0.710. The fraction of sp³-hybridized carbons (Fsp3) is 0.0714. The Kier molecular flexibility index (Phi) is 2.50. The second-order valence-electron chi connectivity index (χ2n) is 4.38. The first kappa shape index (κ1) is 11.5. The monoisotopic (exact) mass is 282 g/mol. The molecule has 0 aliphatic rings. The van der Waals surface area contributed by atoms with Crippen LogP contribution in [0.4, 0.5) is 0 Å². The lowest BCUT2D eigenvalue weighted by Gasteiger charge is -2.00. The topological polar surface area (TPSA) is 56.7 Å². The first-order valence-corrected chi connectivity index (χ1v) is 6.92. The molecule has 0 saturated heterocycles. The Morgan fingerprint density at radius 3 is 2.90 bits per heavy atom. The third-order valence-electron chi connectivity index (χ3n) is 3.09. The van der Waals surface area contributed by atoms with Gasteiger partial charge in [0.15, 0.2) is 15.8 Å². The molecule has 0 radical (unpaired) electrons. The van der Waals surface area contributed by atoms with Gasteiger partial charge in [0.2, 0.25) is 0 Å². The fourth-order valence-corrected chi connectivity index (χ4v) is 2.93. The van der Waals surface area contributed by atoms with E-state index in [1.807, 2.05) is 42.1 Å². The van der Waals surface area contributed by atoms with Crippen LogP contribution >= 0.6 is 11.8 Å². The van der Waals surface area contributed by atoms with E-state index in [1.54, 1.807) is 12.5 Å². The highest BCUT2D eigenvalue weighted by atomic mass is 32.2. The molecule has 1 aromatic carbocycles. The molecule has 4 aromatic rings. The number of nitrogens with zero attached hydrogens (tertiary/aromatic N) is 4. The van der Waals surface area contributed by atoms with Gasteiger partial charge in [-0.25, -0.2) is 15.0 Å². The van der Waals surface area contributed by atoms with Gasteiger partial charge in [-0.15, -0.1) is 0 Å². The fourth-order valence-electron chi connectivity index (χ4n) is 2.11. The molecular weight excluding hydrogens is 272 g/mol. The van der Waals surface area contributed by atoms with Gasteiger partial charge in [-0.1, -0.05) is 12.1 Å². The first-order valence-electron chi connectivity index (χ1n) is 6.10. The van der Waals surface area contributed by atoms with Crippen LogP contribution in [-0.4, -0.2) is 19.5 Å². The summed E-state index contributed by atoms with van der Waals surface area (Å²) in [5.41, 5.74) is 2.37. The Morgan fingerprint density at radius 2 is 2.05 bits per heavy atom. The molecule has 0 aliphatic heterocycles. The zero-order valence-corrected chi connectivity index (χ0v) is 11.5. The number of imidazole rings is 1. The average Bonchev–Trinajstić information content (AvgIpc) is 3.04. The molecule has 0 unspecified atom stereocenters. The van der Waals surface area contributed by atoms with Crippen molar-refractivity contribution in [1.29, 1.82) is 0 Å². The summed E-state index contributed by atoms with van der Waals surface area (Å²) in [6.07, 6.45) is 5.23. The van der Waals surface area contributed by atoms with Crippen LogP contribution in [0.15, 0.2) is 57.6 Å². The van der Waals surface area contributed by atoms with E-state index >= 15 is 0 Å². The average molecular weight is 282 g/mol. The van der Waals surface area contributed by atoms with Crippen molar-refractivity contribution in [3.63, 3.8) is 0 Å². The number of aryl methyl sites for hydroxylation is 1. The number of hydrogen-bond acceptors (Lipinski definition) is 5. The Labute approximate surface area is 118 Å². The van der Waals surface area contributed by atoms with Gasteiger partial charge in [0, 0.05) is 24.8 Å². The molecule has 0 spiro atoms. The van der Waals surface area contributed by atoms with Gasteiger partial charge in [0.1, 0.15) is 17.4 Å². The summed E-state index contributed by atoms with van der Waals surface area (Å²) in [6, 6.07) is 7.87. The van der Waals surface area contributed by atoms with E-state index in [1.165, 1.54) is 11.8 Å². The summed E-state index contributed by atoms with van der Waals surface area (Å²) < 4.78 is 7.84. The number of benzene rings is 1. The molecule has 0 N–H and O–H groups in total. The molecule has 0 fully saturated rings. The van der Waals surface area contributed by atoms with E-state index in [0.717, 1.165) is 26.7 Å². The predicted octanol–water partition coefficient (Wildman–Crippen LogP) is 3.26. The molecule has 5 nitrogen and oxygen atoms in total. The van der Waals surface area contributed by atoms with Crippen LogP contribution in [0.25, 0.3) is 22.1 Å². The molecule has 20 heavy (non-hydrogen) atoms. The molecule has 6 heteroatoms. The van der Waals surface area contributed by atoms with E-state index in [2.05, 4.69) is 15.0 Å². The highest BCUT2D eigenvalue weighted by Crippen LogP contribution is 2.34. The summed E-state index contributed by atoms with van der Waals surface area (Å²) in [5, 5.41) is 2.65. The molecule has 3 aromatic heterocycles. The van der Waals surface area contributed by atoms with E-state index in [-0.39, 0.29) is 0 Å². The zero-order valence-electron chi connectivity index (χ0n) is 10.6. The number of hydrogen-bond donors (Lipinski definition) is 0. The van der Waals surface area contributed by atoms with Gasteiger partial charge in [-0.3, -0.25) is 0 Å². The van der Waals surface area contributed by atoms with Crippen LogP contribution in [0.3, 0.4) is 0 Å². The van der Waals surface area contributed by atoms with E-state index in [9.17, 15) is 0 Å². The molecule has 0 bridgehead atoms. The second-order valence-corrected chi connectivity index (χ2v) is 5.33. The number of aromatic nitrogens is 4. The third-order valence-corrected chi connectivity index (χ3v) is 4.15. The van der Waals surface area contributed by atoms with E-state index in [4.69, 9.17) is 4.42 Å². The maximum absolute atomic E-state index is 5.89. The molecule has 98 valence electrons. The molecule has 4 rings (SSSR count). The van der Waals surface area contributed by atoms with Crippen molar-refractivity contribution >= 4 is 33.8 Å². The minimum absolute atomic E-state index is 0.710. The van der Waals surface area contributed by atoms with Gasteiger partial charge in [-0.05, 0) is 23.9 Å². The van der Waals surface area contributed by atoms with E-state index in [0.29, 0.717) is 5.58 Å². The molecular formula is C14H10N4OS. The smallest absolute Gasteiger partial charge is 0.186 e. The maximum Gasteiger partial charge on any atom is 0.186 e. The van der Waals surface area contributed by atoms with Crippen molar-refractivity contribution in [2.75, 3.05) is 0 Å². The number of rotatable bonds is 2. The van der Waals surface area contributed by atoms with Crippen molar-refractivity contribution < 1.29 is 4.42 Å². The van der Waals surface area contributed by atoms with Crippen molar-refractivity contribution in [3.8, 4) is 0 Å². The van der Waals surface area contributed by atoms with Gasteiger partial charge >= 0.3 is 0 Å². The van der Waals surface area contributed by atoms with Crippen LogP contribution in [0.1, 0.15) is 0 Å². The number of furan rings is 1. The van der Waals surface area contributed by atoms with Crippen molar-refractivity contribution in [2.24, 2.45) is 7.05 Å². The quantitative estimate of drug-likeness (QED) is 0.528. The highest BCUT2D eigenvalue weighted by Gasteiger charge is 2.15. The van der Waals surface area contributed by atoms with E-state index < -0.39 is 0 Å². The first-order chi connectivity index (χ1) is 9.83. The Hall–Kier alpha value is -2.34. The van der Waals surface area contributed by atoms with Crippen LogP contribution in [-0.2, 0) is 7.05 Å². The van der Waals surface area contributed by atoms with Gasteiger partial charge in [0.25, 0.3) is 0 Å². The number of fused-ring (bicyclic) bond motifs is 3. The normalized spacial score (nSPS) is 11.4. The summed E-state index contributed by atoms with van der Waals surface area (Å²) in [6.45, 7) is 0. The van der Waals surface area contributed by atoms with Crippen molar-refractivity contribution in [2.45, 2.75) is 10.2 Å². The van der Waals surface area contributed by atoms with Crippen LogP contribution in [0.2, 0.25) is 0 Å². The summed E-state index contributed by atoms with van der Waals surface area (Å²) in [7, 11) is 1.95. The largest absolute Gasteiger partial charge is 0.451 e. The molecule has 0 amide bonds. The predicted molar refractivity (Wildman–Crippen MR) is 76.6 cm³/mol. The lowest BCUT2D eigenvalue weighted by Crippen LogP contribution is -1.90. The lowest BCUT2D eigenvalue weighted by molar-refractivity contribution is 0.653. The Morgan fingerprint density at radius 1 is 1.15 bits per heavy atom. The standard InChI is InChI=1S/C14H10N4OS/c1-18-7-6-15-14(18)20-13-12-11(16-8-17-13)9-4-2-3-5-10(9)19-12/h2-8H,1H3. The Balaban J connectivity index is 1.93. The van der Waals surface area contributed by atoms with Crippen molar-refractivity contribution in [1.82, 2.24) is 19.5 Å². The second kappa shape index (κ2) is 4.35. The van der Waals surface area contributed by atoms with Crippen LogP contribution in [0, 0.1) is 0 Å². The molecule has 0 aliphatic carbocycles. The summed E-state index contributed by atoms with van der Waals surface area (Å²) in [4.78, 5) is 13.0. The van der Waals surface area contributed by atoms with Crippen LogP contribution < -0.4 is 0 Å². The molecule has 0 atom stereocenters. The summed E-state index contributed by atoms with van der Waals surface area (Å²) in [5.74, 6) is 0. The minimum Gasteiger partial charge on any atom is -0.451 e. The summed E-state index contributed by atoms with van der Waals surface area (Å²) >= 11 is 1.47. The van der Waals surface area contributed by atoms with Gasteiger partial charge in [-0.2, -0.15) is 0 Å². The SMILES string of the molecule is Cn1ccnc1Sc1ncnc2c1oc1ccccc12. The molecule has 3 heterocycles. The van der Waals surface area contributed by atoms with Gasteiger partial charge in [0.05, 0.1) is 0 Å². The molecule has 0 saturated carbocycles. The van der Waals surface area contributed by atoms with Crippen LogP contribution in [0.5, 0.6) is 0 Å². The zero-order chi connectivity index (χ0) is 13.5. The maximum atomic E-state index is 5.89. The van der Waals surface area contributed by atoms with Crippen molar-refractivity contribution in [3.05, 3.63) is 43.0 Å². The number of para-hydroxylation sites is 1. The third kappa shape index (κ3) is 1.69. The van der Waals surface area contributed by atoms with Gasteiger partial charge < -0.3 is 8.98 Å². The Bertz CT molecular complexity index is 912. The lowest BCUT2D eigenvalue weighted by atomic mass is 10.2.